The number of hydrogen-bond donors (Lipinski definition) is 1. The summed E-state index contributed by atoms with van der Waals surface area (Å²) in [7, 11) is 1.51. The summed E-state index contributed by atoms with van der Waals surface area (Å²) in [5.41, 5.74) is 4.40. The van der Waals surface area contributed by atoms with Gasteiger partial charge in [-0.15, -0.1) is 0 Å². The summed E-state index contributed by atoms with van der Waals surface area (Å²) in [5, 5.41) is 2.53. The maximum Gasteiger partial charge on any atom is 0.266 e. The Morgan fingerprint density at radius 2 is 1.17 bits per heavy atom. The van der Waals surface area contributed by atoms with E-state index in [0.717, 1.165) is 16.7 Å². The second-order valence-corrected chi connectivity index (χ2v) is 14.5. The molecule has 272 valence electrons. The van der Waals surface area contributed by atoms with Crippen LogP contribution in [0.1, 0.15) is 113 Å². The molecule has 1 N–H and O–H groups in total. The lowest BCUT2D eigenvalue weighted by molar-refractivity contribution is 0.0922. The van der Waals surface area contributed by atoms with Crippen LogP contribution in [0.25, 0.3) is 0 Å². The van der Waals surface area contributed by atoms with Gasteiger partial charge in [0.15, 0.2) is 6.29 Å². The van der Waals surface area contributed by atoms with E-state index in [1.807, 2.05) is 66.7 Å². The molecular weight excluding hydrogens is 665 g/mol. The van der Waals surface area contributed by atoms with Gasteiger partial charge in [0.1, 0.15) is 23.0 Å². The van der Waals surface area contributed by atoms with Crippen molar-refractivity contribution in [1.29, 1.82) is 0 Å². The van der Waals surface area contributed by atoms with Crippen LogP contribution in [0.2, 0.25) is 0 Å². The van der Waals surface area contributed by atoms with Crippen LogP contribution >= 0.6 is 0 Å². The van der Waals surface area contributed by atoms with Crippen molar-refractivity contribution in [2.24, 2.45) is 0 Å². The van der Waals surface area contributed by atoms with Crippen molar-refractivity contribution in [3.8, 4) is 23.0 Å². The topological polar surface area (TPSA) is 102 Å². The molecule has 1 aliphatic heterocycles. The number of carbonyl (C=O) groups excluding carboxylic acids is 4. The standard InChI is InChI=1S/C42H38N2O6.C3H8/c1-41(2,3)29-8-7-9-30(23-29)44-39(47)36-21-19-34(24-37(36)40(44)48)50-32-16-12-28(13-17-32)42(4,5)27-10-14-31(15-11-27)49-33-18-20-35(38(46)43-6)26(22-33)25-45;1-3-2/h7-25H,1-6H3,(H,43,46);3H2,1-2H3. The average Bonchev–Trinajstić information content (AvgIpc) is 3.39. The van der Waals surface area contributed by atoms with E-state index in [-0.39, 0.29) is 39.7 Å². The number of fused-ring (bicyclic) bond motifs is 1. The summed E-state index contributed by atoms with van der Waals surface area (Å²) < 4.78 is 12.1. The lowest BCUT2D eigenvalue weighted by atomic mass is 9.78. The quantitative estimate of drug-likeness (QED) is 0.121. The van der Waals surface area contributed by atoms with Crippen molar-refractivity contribution in [2.75, 3.05) is 11.9 Å². The number of hydrogen-bond acceptors (Lipinski definition) is 6. The summed E-state index contributed by atoms with van der Waals surface area (Å²) in [4.78, 5) is 51.5. The minimum atomic E-state index is -0.375. The first-order chi connectivity index (χ1) is 25.2. The third kappa shape index (κ3) is 8.23. The minimum Gasteiger partial charge on any atom is -0.457 e. The molecular formula is C45H46N2O6. The highest BCUT2D eigenvalue weighted by Crippen LogP contribution is 2.37. The first kappa shape index (κ1) is 38.2. The van der Waals surface area contributed by atoms with E-state index in [0.29, 0.717) is 46.1 Å². The molecule has 8 nitrogen and oxygen atoms in total. The highest BCUT2D eigenvalue weighted by molar-refractivity contribution is 6.34. The Labute approximate surface area is 311 Å². The van der Waals surface area contributed by atoms with Gasteiger partial charge in [0.2, 0.25) is 0 Å². The zero-order chi connectivity index (χ0) is 38.5. The van der Waals surface area contributed by atoms with Gasteiger partial charge >= 0.3 is 0 Å². The molecule has 0 atom stereocenters. The second kappa shape index (κ2) is 15.7. The summed E-state index contributed by atoms with van der Waals surface area (Å²) in [5.74, 6) is 1.03. The molecule has 5 aromatic rings. The van der Waals surface area contributed by atoms with Crippen LogP contribution in [0.5, 0.6) is 23.0 Å². The molecule has 8 heteroatoms. The van der Waals surface area contributed by atoms with E-state index in [9.17, 15) is 19.2 Å². The lowest BCUT2D eigenvalue weighted by Crippen LogP contribution is -2.29. The first-order valence-corrected chi connectivity index (χ1v) is 17.7. The van der Waals surface area contributed by atoms with Crippen LogP contribution < -0.4 is 19.7 Å². The maximum atomic E-state index is 13.5. The van der Waals surface area contributed by atoms with E-state index in [4.69, 9.17) is 9.47 Å². The van der Waals surface area contributed by atoms with Crippen LogP contribution in [0.3, 0.4) is 0 Å². The van der Waals surface area contributed by atoms with Gasteiger partial charge in [-0.25, -0.2) is 4.90 Å². The van der Waals surface area contributed by atoms with Crippen molar-refractivity contribution in [2.45, 2.75) is 65.7 Å². The lowest BCUT2D eigenvalue weighted by Gasteiger charge is -2.26. The van der Waals surface area contributed by atoms with Crippen LogP contribution in [0, 0.1) is 0 Å². The summed E-state index contributed by atoms with van der Waals surface area (Å²) in [6.07, 6.45) is 1.88. The molecule has 0 bridgehead atoms. The molecule has 0 spiro atoms. The Bertz CT molecular complexity index is 2140. The van der Waals surface area contributed by atoms with Crippen molar-refractivity contribution in [3.05, 3.63) is 148 Å². The third-order valence-electron chi connectivity index (χ3n) is 9.07. The van der Waals surface area contributed by atoms with Gasteiger partial charge in [-0.1, -0.05) is 91.3 Å². The predicted octanol–water partition coefficient (Wildman–Crippen LogP) is 10.3. The van der Waals surface area contributed by atoms with Crippen molar-refractivity contribution in [3.63, 3.8) is 0 Å². The number of aldehydes is 1. The molecule has 0 aliphatic carbocycles. The number of imide groups is 1. The maximum absolute atomic E-state index is 13.5. The third-order valence-corrected chi connectivity index (χ3v) is 9.07. The van der Waals surface area contributed by atoms with Crippen molar-refractivity contribution < 1.29 is 28.7 Å². The Morgan fingerprint density at radius 3 is 1.70 bits per heavy atom. The zero-order valence-corrected chi connectivity index (χ0v) is 31.6. The molecule has 1 heterocycles. The van der Waals surface area contributed by atoms with E-state index in [2.05, 4.69) is 53.8 Å². The number of anilines is 1. The van der Waals surface area contributed by atoms with Gasteiger partial charge in [0.05, 0.1) is 22.4 Å². The van der Waals surface area contributed by atoms with Crippen molar-refractivity contribution >= 4 is 29.7 Å². The van der Waals surface area contributed by atoms with Gasteiger partial charge in [-0.05, 0) is 94.9 Å². The number of benzene rings is 5. The van der Waals surface area contributed by atoms with Crippen LogP contribution in [-0.4, -0.2) is 31.1 Å². The summed E-state index contributed by atoms with van der Waals surface area (Å²) >= 11 is 0. The number of carbonyl (C=O) groups is 4. The zero-order valence-electron chi connectivity index (χ0n) is 31.6. The van der Waals surface area contributed by atoms with Crippen molar-refractivity contribution in [1.82, 2.24) is 5.32 Å². The predicted molar refractivity (Wildman–Crippen MR) is 209 cm³/mol. The number of ether oxygens (including phenoxy) is 2. The molecule has 0 saturated carbocycles. The highest BCUT2D eigenvalue weighted by atomic mass is 16.5. The largest absolute Gasteiger partial charge is 0.457 e. The fraction of sp³-hybridized carbons (Fsp3) is 0.244. The van der Waals surface area contributed by atoms with Crippen LogP contribution in [-0.2, 0) is 10.8 Å². The van der Waals surface area contributed by atoms with Gasteiger partial charge in [-0.3, -0.25) is 19.2 Å². The molecule has 0 radical (unpaired) electrons. The fourth-order valence-electron chi connectivity index (χ4n) is 5.99. The number of nitrogens with one attached hydrogen (secondary N) is 1. The SMILES string of the molecule is CCC.CNC(=O)c1ccc(Oc2ccc(C(C)(C)c3ccc(Oc4ccc5c(c4)C(=O)N(c4cccc(C(C)(C)C)c4)C5=O)cc3)cc2)cc1C=O. The Balaban J connectivity index is 0.00000175. The van der Waals surface area contributed by atoms with Gasteiger partial charge in [-0.2, -0.15) is 0 Å². The monoisotopic (exact) mass is 710 g/mol. The van der Waals surface area contributed by atoms with Gasteiger partial charge in [0, 0.05) is 18.0 Å². The molecule has 0 fully saturated rings. The summed E-state index contributed by atoms with van der Waals surface area (Å²) in [6.45, 7) is 14.8. The Morgan fingerprint density at radius 1 is 0.660 bits per heavy atom. The Hall–Kier alpha value is -6.02. The number of rotatable bonds is 9. The molecule has 6 rings (SSSR count). The minimum absolute atomic E-state index is 0.130. The molecule has 0 aromatic heterocycles. The molecule has 0 unspecified atom stereocenters. The van der Waals surface area contributed by atoms with E-state index < -0.39 is 0 Å². The molecule has 0 saturated heterocycles. The van der Waals surface area contributed by atoms with Crippen LogP contribution in [0.4, 0.5) is 5.69 Å². The average molecular weight is 711 g/mol. The molecule has 3 amide bonds. The molecule has 1 aliphatic rings. The van der Waals surface area contributed by atoms with E-state index in [1.54, 1.807) is 42.5 Å². The second-order valence-electron chi connectivity index (χ2n) is 14.5. The number of nitrogens with zero attached hydrogens (tertiary/aromatic N) is 1. The fourth-order valence-corrected chi connectivity index (χ4v) is 5.99. The molecule has 53 heavy (non-hydrogen) atoms. The van der Waals surface area contributed by atoms with E-state index >= 15 is 0 Å². The van der Waals surface area contributed by atoms with E-state index in [1.165, 1.54) is 18.4 Å². The first-order valence-electron chi connectivity index (χ1n) is 17.7. The smallest absolute Gasteiger partial charge is 0.266 e. The molecule has 5 aromatic carbocycles. The highest BCUT2D eigenvalue weighted by Gasteiger charge is 2.37. The normalized spacial score (nSPS) is 12.4. The number of amides is 3. The van der Waals surface area contributed by atoms with Crippen LogP contribution in [0.15, 0.2) is 109 Å². The Kier molecular flexibility index (Phi) is 11.3. The summed E-state index contributed by atoms with van der Waals surface area (Å²) in [6, 6.07) is 32.7. The van der Waals surface area contributed by atoms with Gasteiger partial charge in [0.25, 0.3) is 17.7 Å². The van der Waals surface area contributed by atoms with Gasteiger partial charge < -0.3 is 14.8 Å².